The van der Waals surface area contributed by atoms with Gasteiger partial charge in [0.05, 0.1) is 0 Å². The molecule has 1 aliphatic carbocycles. The summed E-state index contributed by atoms with van der Waals surface area (Å²) in [6.07, 6.45) is 3.58. The molecule has 1 aliphatic heterocycles. The maximum Gasteiger partial charge on any atom is 0.226 e. The smallest absolute Gasteiger partial charge is 0.226 e. The molecular weight excluding hydrogens is 188 g/mol. The highest BCUT2D eigenvalue weighted by atomic mass is 16.2. The van der Waals surface area contributed by atoms with Crippen LogP contribution in [0.4, 0.5) is 0 Å². The van der Waals surface area contributed by atoms with E-state index in [1.807, 2.05) is 0 Å². The molecule has 0 radical (unpaired) electrons. The highest BCUT2D eigenvalue weighted by Crippen LogP contribution is 2.32. The Kier molecular flexibility index (Phi) is 3.29. The van der Waals surface area contributed by atoms with Crippen molar-refractivity contribution >= 4 is 5.91 Å². The fourth-order valence-electron chi connectivity index (χ4n) is 2.88. The van der Waals surface area contributed by atoms with Crippen LogP contribution in [0.1, 0.15) is 33.1 Å². The average Bonchev–Trinajstić information content (AvgIpc) is 2.63. The number of piperazine rings is 1. The van der Waals surface area contributed by atoms with Crippen molar-refractivity contribution in [2.24, 2.45) is 11.8 Å². The van der Waals surface area contributed by atoms with Crippen molar-refractivity contribution < 1.29 is 4.79 Å². The Morgan fingerprint density at radius 3 is 2.73 bits per heavy atom. The van der Waals surface area contributed by atoms with Gasteiger partial charge in [-0.05, 0) is 25.7 Å². The lowest BCUT2D eigenvalue weighted by atomic mass is 9.96. The topological polar surface area (TPSA) is 32.3 Å². The predicted molar refractivity (Wildman–Crippen MR) is 60.5 cm³/mol. The third-order valence-electron chi connectivity index (χ3n) is 3.86. The Balaban J connectivity index is 1.94. The van der Waals surface area contributed by atoms with Crippen molar-refractivity contribution in [1.29, 1.82) is 0 Å². The van der Waals surface area contributed by atoms with Gasteiger partial charge in [-0.3, -0.25) is 4.79 Å². The van der Waals surface area contributed by atoms with E-state index >= 15 is 0 Å². The van der Waals surface area contributed by atoms with E-state index in [1.165, 1.54) is 12.8 Å². The summed E-state index contributed by atoms with van der Waals surface area (Å²) in [6.45, 7) is 7.11. The Labute approximate surface area is 92.2 Å². The molecule has 0 aromatic rings. The number of carbonyl (C=O) groups excluding carboxylic acids is 1. The molecule has 86 valence electrons. The standard InChI is InChI=1S/C12H22N2O/c1-9-4-3-5-11(9)12(15)14-7-6-13-10(2)8-14/h9-11,13H,3-8H2,1-2H3. The van der Waals surface area contributed by atoms with Crippen molar-refractivity contribution in [2.75, 3.05) is 19.6 Å². The molecule has 15 heavy (non-hydrogen) atoms. The second kappa shape index (κ2) is 4.52. The first-order chi connectivity index (χ1) is 7.18. The summed E-state index contributed by atoms with van der Waals surface area (Å²) in [5.74, 6) is 1.33. The zero-order valence-corrected chi connectivity index (χ0v) is 9.83. The van der Waals surface area contributed by atoms with Crippen molar-refractivity contribution in [1.82, 2.24) is 10.2 Å². The normalized spacial score (nSPS) is 36.9. The van der Waals surface area contributed by atoms with Crippen molar-refractivity contribution in [2.45, 2.75) is 39.2 Å². The summed E-state index contributed by atoms with van der Waals surface area (Å²) in [4.78, 5) is 14.3. The van der Waals surface area contributed by atoms with Crippen LogP contribution in [0, 0.1) is 11.8 Å². The van der Waals surface area contributed by atoms with Gasteiger partial charge in [-0.15, -0.1) is 0 Å². The van der Waals surface area contributed by atoms with Crippen LogP contribution >= 0.6 is 0 Å². The molecule has 3 atom stereocenters. The van der Waals surface area contributed by atoms with E-state index in [9.17, 15) is 4.79 Å². The van der Waals surface area contributed by atoms with Gasteiger partial charge < -0.3 is 10.2 Å². The molecule has 1 heterocycles. The Bertz CT molecular complexity index is 242. The van der Waals surface area contributed by atoms with Gasteiger partial charge in [0.2, 0.25) is 5.91 Å². The monoisotopic (exact) mass is 210 g/mol. The average molecular weight is 210 g/mol. The first kappa shape index (κ1) is 10.9. The molecule has 3 nitrogen and oxygen atoms in total. The molecule has 3 unspecified atom stereocenters. The van der Waals surface area contributed by atoms with Gasteiger partial charge in [-0.1, -0.05) is 13.3 Å². The van der Waals surface area contributed by atoms with E-state index in [2.05, 4.69) is 24.1 Å². The maximum atomic E-state index is 12.3. The first-order valence-corrected chi connectivity index (χ1v) is 6.20. The quantitative estimate of drug-likeness (QED) is 0.706. The minimum Gasteiger partial charge on any atom is -0.340 e. The Morgan fingerprint density at radius 2 is 2.13 bits per heavy atom. The van der Waals surface area contributed by atoms with Gasteiger partial charge in [0.15, 0.2) is 0 Å². The lowest BCUT2D eigenvalue weighted by molar-refractivity contribution is -0.137. The summed E-state index contributed by atoms with van der Waals surface area (Å²) < 4.78 is 0. The Morgan fingerprint density at radius 1 is 1.33 bits per heavy atom. The van der Waals surface area contributed by atoms with Crippen LogP contribution < -0.4 is 5.32 Å². The van der Waals surface area contributed by atoms with E-state index < -0.39 is 0 Å². The van der Waals surface area contributed by atoms with Gasteiger partial charge >= 0.3 is 0 Å². The van der Waals surface area contributed by atoms with Crippen LogP contribution in [0.25, 0.3) is 0 Å². The largest absolute Gasteiger partial charge is 0.340 e. The van der Waals surface area contributed by atoms with Crippen LogP contribution in [0.5, 0.6) is 0 Å². The van der Waals surface area contributed by atoms with Crippen molar-refractivity contribution in [3.8, 4) is 0 Å². The molecule has 1 amide bonds. The molecule has 0 bridgehead atoms. The van der Waals surface area contributed by atoms with Gasteiger partial charge in [0.25, 0.3) is 0 Å². The third-order valence-corrected chi connectivity index (χ3v) is 3.86. The van der Waals surface area contributed by atoms with Crippen LogP contribution in [0.3, 0.4) is 0 Å². The molecular formula is C12H22N2O. The molecule has 0 aromatic carbocycles. The molecule has 2 rings (SSSR count). The van der Waals surface area contributed by atoms with Crippen LogP contribution in [-0.2, 0) is 4.79 Å². The molecule has 2 aliphatic rings. The number of amides is 1. The third kappa shape index (κ3) is 2.33. The van der Waals surface area contributed by atoms with E-state index in [0.29, 0.717) is 23.8 Å². The van der Waals surface area contributed by atoms with E-state index in [4.69, 9.17) is 0 Å². The second-order valence-electron chi connectivity index (χ2n) is 5.15. The number of carbonyl (C=O) groups is 1. The molecule has 1 saturated carbocycles. The van der Waals surface area contributed by atoms with Crippen molar-refractivity contribution in [3.63, 3.8) is 0 Å². The molecule has 0 spiro atoms. The lowest BCUT2D eigenvalue weighted by Crippen LogP contribution is -2.53. The zero-order valence-electron chi connectivity index (χ0n) is 9.83. The molecule has 2 fully saturated rings. The fourth-order valence-corrected chi connectivity index (χ4v) is 2.88. The van der Waals surface area contributed by atoms with Crippen LogP contribution in [0.15, 0.2) is 0 Å². The highest BCUT2D eigenvalue weighted by Gasteiger charge is 2.33. The summed E-state index contributed by atoms with van der Waals surface area (Å²) in [6, 6.07) is 0.458. The fraction of sp³-hybridized carbons (Fsp3) is 0.917. The number of nitrogens with one attached hydrogen (secondary N) is 1. The minimum absolute atomic E-state index is 0.315. The summed E-state index contributed by atoms with van der Waals surface area (Å²) in [5.41, 5.74) is 0. The van der Waals surface area contributed by atoms with Crippen LogP contribution in [-0.4, -0.2) is 36.5 Å². The summed E-state index contributed by atoms with van der Waals surface area (Å²) >= 11 is 0. The summed E-state index contributed by atoms with van der Waals surface area (Å²) in [7, 11) is 0. The number of hydrogen-bond acceptors (Lipinski definition) is 2. The van der Waals surface area contributed by atoms with E-state index in [1.54, 1.807) is 0 Å². The van der Waals surface area contributed by atoms with Gasteiger partial charge in [0.1, 0.15) is 0 Å². The molecule has 0 aromatic heterocycles. The SMILES string of the molecule is CC1CN(C(=O)C2CCCC2C)CCN1. The summed E-state index contributed by atoms with van der Waals surface area (Å²) in [5, 5.41) is 3.37. The van der Waals surface area contributed by atoms with Gasteiger partial charge in [0, 0.05) is 31.6 Å². The van der Waals surface area contributed by atoms with E-state index in [0.717, 1.165) is 26.1 Å². The lowest BCUT2D eigenvalue weighted by Gasteiger charge is -2.34. The predicted octanol–water partition coefficient (Wildman–Crippen LogP) is 1.24. The molecule has 1 N–H and O–H groups in total. The molecule has 3 heteroatoms. The number of nitrogens with zero attached hydrogens (tertiary/aromatic N) is 1. The zero-order chi connectivity index (χ0) is 10.8. The van der Waals surface area contributed by atoms with Gasteiger partial charge in [-0.25, -0.2) is 0 Å². The van der Waals surface area contributed by atoms with E-state index in [-0.39, 0.29) is 0 Å². The first-order valence-electron chi connectivity index (χ1n) is 6.20. The maximum absolute atomic E-state index is 12.3. The number of hydrogen-bond donors (Lipinski definition) is 1. The van der Waals surface area contributed by atoms with Gasteiger partial charge in [-0.2, -0.15) is 0 Å². The van der Waals surface area contributed by atoms with Crippen LogP contribution in [0.2, 0.25) is 0 Å². The van der Waals surface area contributed by atoms with Crippen molar-refractivity contribution in [3.05, 3.63) is 0 Å². The highest BCUT2D eigenvalue weighted by molar-refractivity contribution is 5.79. The number of rotatable bonds is 1. The molecule has 1 saturated heterocycles. The minimum atomic E-state index is 0.315. The Hall–Kier alpha value is -0.570. The second-order valence-corrected chi connectivity index (χ2v) is 5.15.